The number of benzene rings is 2. The Morgan fingerprint density at radius 3 is 2.33 bits per heavy atom. The standard InChI is InChI=1S/C24H26N2O7/c1-31-13-20(23(28)29)25-22(27)21-19(10-11-32-21)26-24(30)33-12-18-16-8-4-2-6-14(16)15-7-3-5-9-17(15)18/h2-9,18-21H,10-13H2,1H3,(H,25,27)(H,26,30)(H,28,29)/t19-,20-,21+/m0/s1. The van der Waals surface area contributed by atoms with Gasteiger partial charge in [0.2, 0.25) is 0 Å². The van der Waals surface area contributed by atoms with E-state index in [-0.39, 0.29) is 25.7 Å². The highest BCUT2D eigenvalue weighted by molar-refractivity contribution is 5.87. The molecule has 0 aromatic heterocycles. The number of methoxy groups -OCH3 is 1. The van der Waals surface area contributed by atoms with E-state index in [9.17, 15) is 19.5 Å². The van der Waals surface area contributed by atoms with Crippen LogP contribution in [0.3, 0.4) is 0 Å². The summed E-state index contributed by atoms with van der Waals surface area (Å²) >= 11 is 0. The van der Waals surface area contributed by atoms with Crippen molar-refractivity contribution in [2.75, 3.05) is 26.9 Å². The first-order chi connectivity index (χ1) is 16.0. The summed E-state index contributed by atoms with van der Waals surface area (Å²) in [5.74, 6) is -1.92. The molecule has 0 radical (unpaired) electrons. The molecule has 33 heavy (non-hydrogen) atoms. The topological polar surface area (TPSA) is 123 Å². The van der Waals surface area contributed by atoms with Gasteiger partial charge in [-0.2, -0.15) is 0 Å². The number of fused-ring (bicyclic) bond motifs is 3. The molecular weight excluding hydrogens is 428 g/mol. The Kier molecular flexibility index (Phi) is 6.90. The second-order valence-electron chi connectivity index (χ2n) is 8.01. The van der Waals surface area contributed by atoms with Crippen LogP contribution in [0.4, 0.5) is 4.79 Å². The molecule has 2 amide bonds. The second kappa shape index (κ2) is 10.0. The molecule has 9 nitrogen and oxygen atoms in total. The van der Waals surface area contributed by atoms with Gasteiger partial charge in [-0.3, -0.25) is 4.79 Å². The third-order valence-corrected chi connectivity index (χ3v) is 5.94. The van der Waals surface area contributed by atoms with Gasteiger partial charge in [0.15, 0.2) is 12.1 Å². The lowest BCUT2D eigenvalue weighted by molar-refractivity contribution is -0.145. The maximum absolute atomic E-state index is 12.5. The number of amides is 2. The Bertz CT molecular complexity index is 995. The molecule has 1 heterocycles. The Morgan fingerprint density at radius 1 is 1.09 bits per heavy atom. The molecule has 174 valence electrons. The molecule has 4 rings (SSSR count). The van der Waals surface area contributed by atoms with Crippen LogP contribution in [0, 0.1) is 0 Å². The van der Waals surface area contributed by atoms with Crippen LogP contribution in [-0.4, -0.2) is 68.2 Å². The average molecular weight is 454 g/mol. The van der Waals surface area contributed by atoms with Crippen LogP contribution >= 0.6 is 0 Å². The molecule has 2 aromatic rings. The number of carboxylic acids is 1. The normalized spacial score (nSPS) is 19.9. The molecule has 0 unspecified atom stereocenters. The minimum absolute atomic E-state index is 0.0764. The van der Waals surface area contributed by atoms with E-state index < -0.39 is 36.2 Å². The van der Waals surface area contributed by atoms with Crippen molar-refractivity contribution in [3.05, 3.63) is 59.7 Å². The van der Waals surface area contributed by atoms with E-state index in [1.807, 2.05) is 36.4 Å². The quantitative estimate of drug-likeness (QED) is 0.557. The highest BCUT2D eigenvalue weighted by Gasteiger charge is 2.38. The number of nitrogens with one attached hydrogen (secondary N) is 2. The summed E-state index contributed by atoms with van der Waals surface area (Å²) in [6, 6.07) is 14.2. The van der Waals surface area contributed by atoms with Crippen molar-refractivity contribution in [1.29, 1.82) is 0 Å². The zero-order valence-electron chi connectivity index (χ0n) is 18.2. The number of ether oxygens (including phenoxy) is 3. The highest BCUT2D eigenvalue weighted by Crippen LogP contribution is 2.44. The lowest BCUT2D eigenvalue weighted by atomic mass is 9.98. The summed E-state index contributed by atoms with van der Waals surface area (Å²) in [7, 11) is 1.34. The van der Waals surface area contributed by atoms with Crippen LogP contribution in [0.2, 0.25) is 0 Å². The van der Waals surface area contributed by atoms with Gasteiger partial charge in [-0.25, -0.2) is 9.59 Å². The number of rotatable bonds is 8. The molecular formula is C24H26N2O7. The molecule has 9 heteroatoms. The third-order valence-electron chi connectivity index (χ3n) is 5.94. The van der Waals surface area contributed by atoms with Gasteiger partial charge in [-0.15, -0.1) is 0 Å². The number of hydrogen-bond donors (Lipinski definition) is 3. The summed E-state index contributed by atoms with van der Waals surface area (Å²) in [6.45, 7) is 0.228. The van der Waals surface area contributed by atoms with E-state index in [0.29, 0.717) is 6.42 Å². The number of carbonyl (C=O) groups excluding carboxylic acids is 2. The predicted molar refractivity (Wildman–Crippen MR) is 118 cm³/mol. The van der Waals surface area contributed by atoms with Crippen LogP contribution in [0.25, 0.3) is 11.1 Å². The fourth-order valence-electron chi connectivity index (χ4n) is 4.38. The molecule has 0 saturated carbocycles. The van der Waals surface area contributed by atoms with Gasteiger partial charge in [-0.05, 0) is 28.7 Å². The second-order valence-corrected chi connectivity index (χ2v) is 8.01. The van der Waals surface area contributed by atoms with Crippen molar-refractivity contribution in [3.8, 4) is 11.1 Å². The zero-order valence-corrected chi connectivity index (χ0v) is 18.2. The number of hydrogen-bond acceptors (Lipinski definition) is 6. The van der Waals surface area contributed by atoms with E-state index >= 15 is 0 Å². The fourth-order valence-corrected chi connectivity index (χ4v) is 4.38. The summed E-state index contributed by atoms with van der Waals surface area (Å²) in [4.78, 5) is 36.3. The fraction of sp³-hybridized carbons (Fsp3) is 0.375. The van der Waals surface area contributed by atoms with Crippen molar-refractivity contribution in [2.45, 2.75) is 30.5 Å². The summed E-state index contributed by atoms with van der Waals surface area (Å²) in [6.07, 6.45) is -1.26. The minimum Gasteiger partial charge on any atom is -0.480 e. The van der Waals surface area contributed by atoms with E-state index in [4.69, 9.17) is 14.2 Å². The largest absolute Gasteiger partial charge is 0.480 e. The maximum Gasteiger partial charge on any atom is 0.407 e. The molecule has 2 aromatic carbocycles. The monoisotopic (exact) mass is 454 g/mol. The number of alkyl carbamates (subject to hydrolysis) is 1. The van der Waals surface area contributed by atoms with Crippen LogP contribution in [0.15, 0.2) is 48.5 Å². The Labute approximate surface area is 191 Å². The maximum atomic E-state index is 12.5. The van der Waals surface area contributed by atoms with Gasteiger partial charge in [0.25, 0.3) is 5.91 Å². The molecule has 0 spiro atoms. The Morgan fingerprint density at radius 2 is 1.73 bits per heavy atom. The lowest BCUT2D eigenvalue weighted by Gasteiger charge is -2.22. The minimum atomic E-state index is -1.22. The van der Waals surface area contributed by atoms with E-state index in [2.05, 4.69) is 22.8 Å². The average Bonchev–Trinajstić information content (AvgIpc) is 3.40. The molecule has 3 N–H and O–H groups in total. The Balaban J connectivity index is 1.36. The molecule has 0 bridgehead atoms. The molecule has 1 fully saturated rings. The van der Waals surface area contributed by atoms with E-state index in [1.165, 1.54) is 7.11 Å². The predicted octanol–water partition coefficient (Wildman–Crippen LogP) is 1.90. The van der Waals surface area contributed by atoms with Crippen molar-refractivity contribution in [3.63, 3.8) is 0 Å². The number of carboxylic acid groups (broad SMARTS) is 1. The van der Waals surface area contributed by atoms with Gasteiger partial charge >= 0.3 is 12.1 Å². The van der Waals surface area contributed by atoms with Crippen molar-refractivity contribution < 1.29 is 33.7 Å². The van der Waals surface area contributed by atoms with Crippen molar-refractivity contribution in [1.82, 2.24) is 10.6 Å². The van der Waals surface area contributed by atoms with Gasteiger partial charge in [0, 0.05) is 19.6 Å². The van der Waals surface area contributed by atoms with Gasteiger partial charge in [-0.1, -0.05) is 48.5 Å². The van der Waals surface area contributed by atoms with Crippen molar-refractivity contribution in [2.24, 2.45) is 0 Å². The van der Waals surface area contributed by atoms with Gasteiger partial charge in [0.1, 0.15) is 6.61 Å². The van der Waals surface area contributed by atoms with E-state index in [0.717, 1.165) is 22.3 Å². The molecule has 1 aliphatic heterocycles. The van der Waals surface area contributed by atoms with Gasteiger partial charge in [0.05, 0.1) is 12.6 Å². The first-order valence-electron chi connectivity index (χ1n) is 10.7. The van der Waals surface area contributed by atoms with Crippen LogP contribution < -0.4 is 10.6 Å². The Hall–Kier alpha value is -3.43. The zero-order chi connectivity index (χ0) is 23.4. The summed E-state index contributed by atoms with van der Waals surface area (Å²) in [5.41, 5.74) is 4.47. The summed E-state index contributed by atoms with van der Waals surface area (Å²) < 4.78 is 15.8. The van der Waals surface area contributed by atoms with E-state index in [1.54, 1.807) is 0 Å². The van der Waals surface area contributed by atoms with Crippen LogP contribution in [-0.2, 0) is 23.8 Å². The third kappa shape index (κ3) is 4.84. The summed E-state index contributed by atoms with van der Waals surface area (Å²) in [5, 5.41) is 14.3. The smallest absolute Gasteiger partial charge is 0.407 e. The van der Waals surface area contributed by atoms with Crippen molar-refractivity contribution >= 4 is 18.0 Å². The first kappa shape index (κ1) is 22.8. The lowest BCUT2D eigenvalue weighted by Crippen LogP contribution is -2.53. The van der Waals surface area contributed by atoms with Crippen LogP contribution in [0.5, 0.6) is 0 Å². The van der Waals surface area contributed by atoms with Crippen LogP contribution in [0.1, 0.15) is 23.5 Å². The molecule has 1 saturated heterocycles. The molecule has 2 aliphatic rings. The SMILES string of the molecule is COC[C@H](NC(=O)[C@@H]1OCC[C@@H]1NC(=O)OCC1c2ccccc2-c2ccccc21)C(=O)O. The first-order valence-corrected chi connectivity index (χ1v) is 10.7. The number of carbonyl (C=O) groups is 3. The highest BCUT2D eigenvalue weighted by atomic mass is 16.6. The van der Waals surface area contributed by atoms with Gasteiger partial charge < -0.3 is 30.0 Å². The molecule has 3 atom stereocenters. The number of aliphatic carboxylic acids is 1. The molecule has 1 aliphatic carbocycles.